The fourth-order valence-electron chi connectivity index (χ4n) is 1.08. The van der Waals surface area contributed by atoms with Crippen LogP contribution in [0.3, 0.4) is 0 Å². The Kier molecular flexibility index (Phi) is 3.48. The molecule has 0 aromatic heterocycles. The van der Waals surface area contributed by atoms with Gasteiger partial charge in [0.2, 0.25) is 0 Å². The summed E-state index contributed by atoms with van der Waals surface area (Å²) < 4.78 is 10.5. The predicted octanol–water partition coefficient (Wildman–Crippen LogP) is 0.876. The third-order valence-electron chi connectivity index (χ3n) is 2.94. The SMILES string of the molecule is CC(C)(O)C(C)(C)OB(O)C1=COCC1. The Morgan fingerprint density at radius 3 is 2.40 bits per heavy atom. The molecular formula is C10H19BO4. The van der Waals surface area contributed by atoms with Gasteiger partial charge < -0.3 is 19.5 Å². The van der Waals surface area contributed by atoms with Crippen molar-refractivity contribution < 1.29 is 19.5 Å². The minimum absolute atomic E-state index is 0.582. The van der Waals surface area contributed by atoms with E-state index < -0.39 is 18.3 Å². The Labute approximate surface area is 91.0 Å². The highest BCUT2D eigenvalue weighted by atomic mass is 16.6. The maximum absolute atomic E-state index is 9.85. The molecule has 4 nitrogen and oxygen atoms in total. The van der Waals surface area contributed by atoms with Gasteiger partial charge in [0.15, 0.2) is 0 Å². The number of aliphatic hydroxyl groups is 1. The van der Waals surface area contributed by atoms with Crippen LogP contribution in [0, 0.1) is 0 Å². The van der Waals surface area contributed by atoms with Gasteiger partial charge in [-0.05, 0) is 33.2 Å². The fourth-order valence-corrected chi connectivity index (χ4v) is 1.08. The summed E-state index contributed by atoms with van der Waals surface area (Å²) in [5.74, 6) is 0. The molecule has 15 heavy (non-hydrogen) atoms. The first kappa shape index (κ1) is 12.6. The molecule has 1 aliphatic rings. The average Bonchev–Trinajstić information content (AvgIpc) is 2.51. The molecule has 1 aliphatic heterocycles. The molecule has 0 atom stereocenters. The molecule has 2 N–H and O–H groups in total. The molecular weight excluding hydrogens is 195 g/mol. The fraction of sp³-hybridized carbons (Fsp3) is 0.800. The van der Waals surface area contributed by atoms with Crippen LogP contribution >= 0.6 is 0 Å². The van der Waals surface area contributed by atoms with Gasteiger partial charge in [-0.3, -0.25) is 0 Å². The van der Waals surface area contributed by atoms with Crippen molar-refractivity contribution in [3.8, 4) is 0 Å². The van der Waals surface area contributed by atoms with E-state index in [1.807, 2.05) is 0 Å². The van der Waals surface area contributed by atoms with Gasteiger partial charge in [0.1, 0.15) is 0 Å². The van der Waals surface area contributed by atoms with E-state index in [0.717, 1.165) is 0 Å². The second-order valence-corrected chi connectivity index (χ2v) is 4.85. The number of hydrogen-bond donors (Lipinski definition) is 2. The summed E-state index contributed by atoms with van der Waals surface area (Å²) in [5.41, 5.74) is -1.13. The van der Waals surface area contributed by atoms with Gasteiger partial charge in [-0.15, -0.1) is 0 Å². The Hall–Kier alpha value is -0.515. The van der Waals surface area contributed by atoms with Crippen molar-refractivity contribution in [2.75, 3.05) is 6.61 Å². The van der Waals surface area contributed by atoms with Crippen molar-refractivity contribution >= 4 is 7.12 Å². The van der Waals surface area contributed by atoms with E-state index in [9.17, 15) is 10.1 Å². The third-order valence-corrected chi connectivity index (χ3v) is 2.94. The van der Waals surface area contributed by atoms with Crippen LogP contribution in [-0.4, -0.2) is 35.1 Å². The van der Waals surface area contributed by atoms with E-state index in [1.54, 1.807) is 27.7 Å². The molecule has 0 fully saturated rings. The largest absolute Gasteiger partial charge is 0.502 e. The second kappa shape index (κ2) is 4.16. The second-order valence-electron chi connectivity index (χ2n) is 4.85. The van der Waals surface area contributed by atoms with Crippen LogP contribution in [0.25, 0.3) is 0 Å². The molecule has 1 heterocycles. The molecule has 0 aromatic rings. The Bertz CT molecular complexity index is 255. The van der Waals surface area contributed by atoms with E-state index in [-0.39, 0.29) is 0 Å². The average molecular weight is 214 g/mol. The van der Waals surface area contributed by atoms with E-state index in [4.69, 9.17) is 9.39 Å². The summed E-state index contributed by atoms with van der Waals surface area (Å²) in [6, 6.07) is 0. The predicted molar refractivity (Wildman–Crippen MR) is 58.1 cm³/mol. The topological polar surface area (TPSA) is 58.9 Å². The molecule has 0 saturated heterocycles. The minimum atomic E-state index is -1.02. The van der Waals surface area contributed by atoms with Crippen LogP contribution in [-0.2, 0) is 9.39 Å². The van der Waals surface area contributed by atoms with Crippen molar-refractivity contribution in [2.24, 2.45) is 0 Å². The minimum Gasteiger partial charge on any atom is -0.502 e. The first-order chi connectivity index (χ1) is 6.74. The monoisotopic (exact) mass is 214 g/mol. The van der Waals surface area contributed by atoms with Gasteiger partial charge in [-0.1, -0.05) is 0 Å². The van der Waals surface area contributed by atoms with Gasteiger partial charge in [-0.25, -0.2) is 0 Å². The van der Waals surface area contributed by atoms with Crippen molar-refractivity contribution in [3.63, 3.8) is 0 Å². The summed E-state index contributed by atoms with van der Waals surface area (Å²) in [4.78, 5) is 0. The van der Waals surface area contributed by atoms with E-state index in [0.29, 0.717) is 18.5 Å². The first-order valence-electron chi connectivity index (χ1n) is 5.13. The smallest absolute Gasteiger partial charge is 0.490 e. The lowest BCUT2D eigenvalue weighted by Crippen LogP contribution is -2.50. The highest BCUT2D eigenvalue weighted by Gasteiger charge is 2.40. The quantitative estimate of drug-likeness (QED) is 0.682. The maximum atomic E-state index is 9.85. The van der Waals surface area contributed by atoms with Gasteiger partial charge in [0, 0.05) is 6.42 Å². The van der Waals surface area contributed by atoms with Crippen molar-refractivity contribution in [2.45, 2.75) is 45.3 Å². The zero-order valence-corrected chi connectivity index (χ0v) is 9.78. The van der Waals surface area contributed by atoms with E-state index in [2.05, 4.69) is 0 Å². The number of hydrogen-bond acceptors (Lipinski definition) is 4. The standard InChI is InChI=1S/C10H19BO4/c1-9(2,12)10(3,4)15-11(13)8-5-6-14-7-8/h7,12-13H,5-6H2,1-4H3. The van der Waals surface area contributed by atoms with Crippen LogP contribution < -0.4 is 0 Å². The number of ether oxygens (including phenoxy) is 1. The summed E-state index contributed by atoms with van der Waals surface area (Å²) in [6.07, 6.45) is 2.19. The zero-order chi connectivity index (χ0) is 11.7. The molecule has 0 unspecified atom stereocenters. The van der Waals surface area contributed by atoms with Crippen LogP contribution in [0.2, 0.25) is 0 Å². The Morgan fingerprint density at radius 2 is 2.00 bits per heavy atom. The first-order valence-corrected chi connectivity index (χ1v) is 5.13. The molecule has 0 spiro atoms. The molecule has 5 heteroatoms. The van der Waals surface area contributed by atoms with Crippen molar-refractivity contribution in [3.05, 3.63) is 11.7 Å². The van der Waals surface area contributed by atoms with Crippen LogP contribution in [0.4, 0.5) is 0 Å². The molecule has 0 saturated carbocycles. The summed E-state index contributed by atoms with van der Waals surface area (Å²) >= 11 is 0. The van der Waals surface area contributed by atoms with E-state index in [1.165, 1.54) is 6.26 Å². The lowest BCUT2D eigenvalue weighted by Gasteiger charge is -2.38. The van der Waals surface area contributed by atoms with Crippen LogP contribution in [0.1, 0.15) is 34.1 Å². The van der Waals surface area contributed by atoms with Gasteiger partial charge >= 0.3 is 7.12 Å². The van der Waals surface area contributed by atoms with Gasteiger partial charge in [0.25, 0.3) is 0 Å². The molecule has 0 radical (unpaired) electrons. The van der Waals surface area contributed by atoms with Crippen molar-refractivity contribution in [1.82, 2.24) is 0 Å². The summed E-state index contributed by atoms with van der Waals surface area (Å²) in [5, 5.41) is 19.6. The Morgan fingerprint density at radius 1 is 1.40 bits per heavy atom. The summed E-state index contributed by atoms with van der Waals surface area (Å²) in [7, 11) is -1.01. The molecule has 0 aliphatic carbocycles. The molecule has 86 valence electrons. The van der Waals surface area contributed by atoms with Gasteiger partial charge in [-0.2, -0.15) is 0 Å². The van der Waals surface area contributed by atoms with Crippen LogP contribution in [0.15, 0.2) is 11.7 Å². The highest BCUT2D eigenvalue weighted by molar-refractivity contribution is 6.52. The van der Waals surface area contributed by atoms with Gasteiger partial charge in [0.05, 0.1) is 24.1 Å². The third kappa shape index (κ3) is 2.97. The summed E-state index contributed by atoms with van der Waals surface area (Å²) in [6.45, 7) is 7.37. The molecule has 0 aromatic carbocycles. The molecule has 0 bridgehead atoms. The molecule has 1 rings (SSSR count). The lowest BCUT2D eigenvalue weighted by molar-refractivity contribution is -0.0989. The van der Waals surface area contributed by atoms with Crippen LogP contribution in [0.5, 0.6) is 0 Å². The number of rotatable bonds is 4. The normalized spacial score (nSPS) is 17.3. The maximum Gasteiger partial charge on any atom is 0.490 e. The lowest BCUT2D eigenvalue weighted by atomic mass is 9.75. The van der Waals surface area contributed by atoms with Crippen molar-refractivity contribution in [1.29, 1.82) is 0 Å². The zero-order valence-electron chi connectivity index (χ0n) is 9.78. The Balaban J connectivity index is 2.61. The van der Waals surface area contributed by atoms with E-state index >= 15 is 0 Å². The highest BCUT2D eigenvalue weighted by Crippen LogP contribution is 2.27. The molecule has 0 amide bonds.